The molecule has 2 rings (SSSR count). The number of aliphatic imine (C=N–C) groups is 1. The molecular formula is C14H13NO3. The first-order valence-electron chi connectivity index (χ1n) is 5.44. The molecule has 0 unspecified atom stereocenters. The molecule has 18 heavy (non-hydrogen) atoms. The molecule has 1 aromatic rings. The summed E-state index contributed by atoms with van der Waals surface area (Å²) < 4.78 is 10.4. The van der Waals surface area contributed by atoms with Crippen molar-refractivity contribution < 1.29 is 14.3 Å². The molecule has 1 aliphatic rings. The number of hydrogen-bond acceptors (Lipinski definition) is 4. The van der Waals surface area contributed by atoms with Crippen LogP contribution in [0.4, 0.5) is 5.69 Å². The van der Waals surface area contributed by atoms with Crippen molar-refractivity contribution in [3.05, 3.63) is 42.5 Å². The second-order valence-electron chi connectivity index (χ2n) is 3.64. The van der Waals surface area contributed by atoms with Crippen molar-refractivity contribution in [2.24, 2.45) is 4.99 Å². The molecule has 0 radical (unpaired) electrons. The maximum atomic E-state index is 11.0. The highest BCUT2D eigenvalue weighted by atomic mass is 16.5. The Hall–Kier alpha value is -2.36. The Morgan fingerprint density at radius 3 is 2.33 bits per heavy atom. The summed E-state index contributed by atoms with van der Waals surface area (Å²) in [5, 5.41) is 0. The highest BCUT2D eigenvalue weighted by Gasteiger charge is 2.05. The van der Waals surface area contributed by atoms with Gasteiger partial charge < -0.3 is 9.47 Å². The van der Waals surface area contributed by atoms with Gasteiger partial charge in [0.05, 0.1) is 19.9 Å². The highest BCUT2D eigenvalue weighted by molar-refractivity contribution is 6.17. The fourth-order valence-corrected chi connectivity index (χ4v) is 1.54. The van der Waals surface area contributed by atoms with Gasteiger partial charge in [-0.05, 0) is 36.4 Å². The summed E-state index contributed by atoms with van der Waals surface area (Å²) in [6, 6.07) is 5.38. The summed E-state index contributed by atoms with van der Waals surface area (Å²) in [5.41, 5.74) is 1.40. The van der Waals surface area contributed by atoms with Crippen LogP contribution in [-0.2, 0) is 4.79 Å². The third-order valence-electron chi connectivity index (χ3n) is 2.47. The summed E-state index contributed by atoms with van der Waals surface area (Å²) in [4.78, 5) is 15.4. The number of carbonyl (C=O) groups excluding carboxylic acids is 1. The Labute approximate surface area is 105 Å². The lowest BCUT2D eigenvalue weighted by molar-refractivity contribution is -0.110. The lowest BCUT2D eigenvalue weighted by Gasteiger charge is -2.07. The minimum absolute atomic E-state index is 0.0318. The van der Waals surface area contributed by atoms with Gasteiger partial charge in [-0.3, -0.25) is 4.79 Å². The molecule has 0 saturated carbocycles. The maximum Gasteiger partial charge on any atom is 0.178 e. The molecular weight excluding hydrogens is 230 g/mol. The number of rotatable bonds is 3. The van der Waals surface area contributed by atoms with E-state index in [1.165, 1.54) is 12.2 Å². The van der Waals surface area contributed by atoms with E-state index in [4.69, 9.17) is 9.47 Å². The average Bonchev–Trinajstić information content (AvgIpc) is 2.41. The summed E-state index contributed by atoms with van der Waals surface area (Å²) >= 11 is 0. The smallest absolute Gasteiger partial charge is 0.178 e. The van der Waals surface area contributed by atoms with Crippen LogP contribution in [0.5, 0.6) is 11.5 Å². The predicted octanol–water partition coefficient (Wildman–Crippen LogP) is 2.47. The van der Waals surface area contributed by atoms with E-state index in [1.54, 1.807) is 32.4 Å². The summed E-state index contributed by atoms with van der Waals surface area (Å²) in [7, 11) is 3.17. The van der Waals surface area contributed by atoms with E-state index in [0.29, 0.717) is 22.9 Å². The Bertz CT molecular complexity index is 538. The summed E-state index contributed by atoms with van der Waals surface area (Å²) in [6.45, 7) is 0. The van der Waals surface area contributed by atoms with Crippen LogP contribution in [0.1, 0.15) is 0 Å². The summed E-state index contributed by atoms with van der Waals surface area (Å²) in [6.07, 6.45) is 6.31. The molecule has 4 heteroatoms. The van der Waals surface area contributed by atoms with Gasteiger partial charge in [0.1, 0.15) is 17.2 Å². The Kier molecular flexibility index (Phi) is 3.57. The Balaban J connectivity index is 2.34. The van der Waals surface area contributed by atoms with Crippen LogP contribution < -0.4 is 9.47 Å². The standard InChI is InChI=1S/C14H13NO3/c1-17-12-7-8-13(14(9-12)18-2)15-10-3-5-11(16)6-4-10/h3-9H,1-2H3. The first kappa shape index (κ1) is 12.1. The largest absolute Gasteiger partial charge is 0.497 e. The van der Waals surface area contributed by atoms with Gasteiger partial charge in [0.15, 0.2) is 5.78 Å². The molecule has 92 valence electrons. The fraction of sp³-hybridized carbons (Fsp3) is 0.143. The number of ketones is 1. The molecule has 0 aromatic heterocycles. The quantitative estimate of drug-likeness (QED) is 0.766. The van der Waals surface area contributed by atoms with Crippen molar-refractivity contribution in [3.8, 4) is 11.5 Å². The number of ether oxygens (including phenoxy) is 2. The summed E-state index contributed by atoms with van der Waals surface area (Å²) in [5.74, 6) is 1.30. The van der Waals surface area contributed by atoms with E-state index in [1.807, 2.05) is 12.1 Å². The predicted molar refractivity (Wildman–Crippen MR) is 69.9 cm³/mol. The van der Waals surface area contributed by atoms with Crippen LogP contribution in [-0.4, -0.2) is 25.7 Å². The normalized spacial score (nSPS) is 13.7. The van der Waals surface area contributed by atoms with Gasteiger partial charge in [-0.15, -0.1) is 0 Å². The maximum absolute atomic E-state index is 11.0. The van der Waals surface area contributed by atoms with Crippen molar-refractivity contribution in [1.82, 2.24) is 0 Å². The van der Waals surface area contributed by atoms with Crippen molar-refractivity contribution in [3.63, 3.8) is 0 Å². The lowest BCUT2D eigenvalue weighted by atomic mass is 10.1. The van der Waals surface area contributed by atoms with E-state index < -0.39 is 0 Å². The zero-order valence-electron chi connectivity index (χ0n) is 10.2. The van der Waals surface area contributed by atoms with Gasteiger partial charge in [-0.25, -0.2) is 4.99 Å². The van der Waals surface area contributed by atoms with Gasteiger partial charge in [-0.2, -0.15) is 0 Å². The third-order valence-corrected chi connectivity index (χ3v) is 2.47. The molecule has 0 fully saturated rings. The molecule has 0 atom stereocenters. The van der Waals surface area contributed by atoms with Crippen LogP contribution in [0, 0.1) is 0 Å². The van der Waals surface area contributed by atoms with Crippen LogP contribution in [0.3, 0.4) is 0 Å². The van der Waals surface area contributed by atoms with E-state index in [-0.39, 0.29) is 5.78 Å². The van der Waals surface area contributed by atoms with Crippen molar-refractivity contribution in [1.29, 1.82) is 0 Å². The molecule has 1 aromatic carbocycles. The number of hydrogen-bond donors (Lipinski definition) is 0. The molecule has 0 saturated heterocycles. The molecule has 0 aliphatic heterocycles. The van der Waals surface area contributed by atoms with Gasteiger partial charge in [0.2, 0.25) is 0 Å². The first-order chi connectivity index (χ1) is 8.72. The molecule has 0 amide bonds. The second-order valence-corrected chi connectivity index (χ2v) is 3.64. The molecule has 0 N–H and O–H groups in total. The third kappa shape index (κ3) is 2.66. The van der Waals surface area contributed by atoms with E-state index >= 15 is 0 Å². The van der Waals surface area contributed by atoms with Gasteiger partial charge >= 0.3 is 0 Å². The monoisotopic (exact) mass is 243 g/mol. The molecule has 0 spiro atoms. The van der Waals surface area contributed by atoms with Crippen LogP contribution >= 0.6 is 0 Å². The lowest BCUT2D eigenvalue weighted by Crippen LogP contribution is -1.98. The minimum Gasteiger partial charge on any atom is -0.497 e. The van der Waals surface area contributed by atoms with Gasteiger partial charge in [0, 0.05) is 6.07 Å². The molecule has 1 aliphatic carbocycles. The van der Waals surface area contributed by atoms with Gasteiger partial charge in [0.25, 0.3) is 0 Å². The first-order valence-corrected chi connectivity index (χ1v) is 5.44. The number of nitrogens with zero attached hydrogens (tertiary/aromatic N) is 1. The fourth-order valence-electron chi connectivity index (χ4n) is 1.54. The minimum atomic E-state index is -0.0318. The molecule has 0 heterocycles. The Morgan fingerprint density at radius 1 is 1.00 bits per heavy atom. The zero-order chi connectivity index (χ0) is 13.0. The molecule has 0 bridgehead atoms. The average molecular weight is 243 g/mol. The zero-order valence-corrected chi connectivity index (χ0v) is 10.2. The Morgan fingerprint density at radius 2 is 1.72 bits per heavy atom. The number of methoxy groups -OCH3 is 2. The van der Waals surface area contributed by atoms with E-state index in [2.05, 4.69) is 4.99 Å². The molecule has 4 nitrogen and oxygen atoms in total. The number of benzene rings is 1. The van der Waals surface area contributed by atoms with E-state index in [0.717, 1.165) is 0 Å². The van der Waals surface area contributed by atoms with Crippen molar-refractivity contribution in [2.75, 3.05) is 14.2 Å². The number of allylic oxidation sites excluding steroid dienone is 4. The topological polar surface area (TPSA) is 47.9 Å². The highest BCUT2D eigenvalue weighted by Crippen LogP contribution is 2.31. The second kappa shape index (κ2) is 5.31. The van der Waals surface area contributed by atoms with Crippen LogP contribution in [0.25, 0.3) is 0 Å². The van der Waals surface area contributed by atoms with Crippen LogP contribution in [0.2, 0.25) is 0 Å². The van der Waals surface area contributed by atoms with Crippen molar-refractivity contribution >= 4 is 17.2 Å². The SMILES string of the molecule is COc1ccc(N=C2C=CC(=O)C=C2)c(OC)c1. The van der Waals surface area contributed by atoms with E-state index in [9.17, 15) is 4.79 Å². The van der Waals surface area contributed by atoms with Gasteiger partial charge in [-0.1, -0.05) is 0 Å². The van der Waals surface area contributed by atoms with Crippen LogP contribution in [0.15, 0.2) is 47.5 Å². The van der Waals surface area contributed by atoms with Crippen molar-refractivity contribution in [2.45, 2.75) is 0 Å². The number of carbonyl (C=O) groups is 1.